The van der Waals surface area contributed by atoms with Gasteiger partial charge in [-0.2, -0.15) is 0 Å². The molecule has 0 spiro atoms. The van der Waals surface area contributed by atoms with Gasteiger partial charge in [0.1, 0.15) is 0 Å². The molecule has 1 unspecified atom stereocenters. The third-order valence-corrected chi connectivity index (χ3v) is 1.72. The van der Waals surface area contributed by atoms with E-state index < -0.39 is 5.60 Å². The molecule has 0 aliphatic rings. The van der Waals surface area contributed by atoms with Crippen LogP contribution in [0.4, 0.5) is 0 Å². The molecule has 0 bridgehead atoms. The zero-order valence-corrected chi connectivity index (χ0v) is 8.08. The molecule has 0 aliphatic heterocycles. The van der Waals surface area contributed by atoms with E-state index in [1.165, 1.54) is 7.11 Å². The summed E-state index contributed by atoms with van der Waals surface area (Å²) in [5, 5.41) is 8.53. The van der Waals surface area contributed by atoms with Gasteiger partial charge >= 0.3 is 5.97 Å². The lowest BCUT2D eigenvalue weighted by molar-refractivity contribution is -0.148. The molecular weight excluding hydrogens is 174 g/mol. The van der Waals surface area contributed by atoms with Crippen LogP contribution in [-0.2, 0) is 14.3 Å². The van der Waals surface area contributed by atoms with Crippen molar-refractivity contribution in [2.24, 2.45) is 5.73 Å². The van der Waals surface area contributed by atoms with Crippen LogP contribution < -0.4 is 5.73 Å². The Morgan fingerprint density at radius 2 is 2.23 bits per heavy atom. The van der Waals surface area contributed by atoms with Gasteiger partial charge in [-0.3, -0.25) is 4.79 Å². The molecule has 78 valence electrons. The molecule has 1 atom stereocenters. The first kappa shape index (κ1) is 12.3. The molecule has 0 aliphatic carbocycles. The highest BCUT2D eigenvalue weighted by atomic mass is 16.5. The summed E-state index contributed by atoms with van der Waals surface area (Å²) in [6.07, 6.45) is 0.0972. The Morgan fingerprint density at radius 1 is 1.62 bits per heavy atom. The lowest BCUT2D eigenvalue weighted by Crippen LogP contribution is -2.40. The summed E-state index contributed by atoms with van der Waals surface area (Å²) in [7, 11) is 1.31. The molecule has 3 N–H and O–H groups in total. The Kier molecular flexibility index (Phi) is 5.61. The lowest BCUT2D eigenvalue weighted by Gasteiger charge is -2.26. The highest BCUT2D eigenvalue weighted by molar-refractivity contribution is 5.70. The second-order valence-electron chi connectivity index (χ2n) is 2.98. The van der Waals surface area contributed by atoms with Crippen molar-refractivity contribution < 1.29 is 19.4 Å². The zero-order chi connectivity index (χ0) is 10.3. The Labute approximate surface area is 77.8 Å². The summed E-state index contributed by atoms with van der Waals surface area (Å²) < 4.78 is 9.72. The topological polar surface area (TPSA) is 81.8 Å². The van der Waals surface area contributed by atoms with Gasteiger partial charge in [0.2, 0.25) is 0 Å². The zero-order valence-electron chi connectivity index (χ0n) is 8.08. The molecular formula is C8H17NO4. The Hall–Kier alpha value is -0.650. The van der Waals surface area contributed by atoms with Crippen LogP contribution in [0.5, 0.6) is 0 Å². The fourth-order valence-electron chi connectivity index (χ4n) is 0.852. The number of carbonyl (C=O) groups excluding carboxylic acids is 1. The van der Waals surface area contributed by atoms with E-state index in [-0.39, 0.29) is 32.1 Å². The van der Waals surface area contributed by atoms with Crippen LogP contribution in [0.15, 0.2) is 0 Å². The molecule has 0 amide bonds. The van der Waals surface area contributed by atoms with Crippen molar-refractivity contribution >= 4 is 5.97 Å². The number of hydrogen-bond acceptors (Lipinski definition) is 5. The van der Waals surface area contributed by atoms with E-state index in [1.807, 2.05) is 0 Å². The highest BCUT2D eigenvalue weighted by Crippen LogP contribution is 2.14. The smallest absolute Gasteiger partial charge is 0.308 e. The van der Waals surface area contributed by atoms with Crippen LogP contribution in [0, 0.1) is 0 Å². The van der Waals surface area contributed by atoms with Crippen molar-refractivity contribution in [3.63, 3.8) is 0 Å². The molecule has 0 heterocycles. The third-order valence-electron chi connectivity index (χ3n) is 1.72. The maximum Gasteiger partial charge on any atom is 0.308 e. The number of ether oxygens (including phenoxy) is 2. The molecule has 0 rings (SSSR count). The van der Waals surface area contributed by atoms with Crippen LogP contribution >= 0.6 is 0 Å². The number of methoxy groups -OCH3 is 1. The fraction of sp³-hybridized carbons (Fsp3) is 0.875. The number of carbonyl (C=O) groups is 1. The van der Waals surface area contributed by atoms with Crippen molar-refractivity contribution in [3.05, 3.63) is 0 Å². The van der Waals surface area contributed by atoms with Gasteiger partial charge in [0.05, 0.1) is 32.3 Å². The van der Waals surface area contributed by atoms with E-state index >= 15 is 0 Å². The van der Waals surface area contributed by atoms with Gasteiger partial charge in [0, 0.05) is 6.54 Å². The molecule has 0 saturated heterocycles. The average Bonchev–Trinajstić information content (AvgIpc) is 2.14. The van der Waals surface area contributed by atoms with Gasteiger partial charge in [-0.25, -0.2) is 0 Å². The fourth-order valence-corrected chi connectivity index (χ4v) is 0.852. The van der Waals surface area contributed by atoms with Gasteiger partial charge in [-0.15, -0.1) is 0 Å². The van der Waals surface area contributed by atoms with Crippen LogP contribution in [0.1, 0.15) is 13.3 Å². The number of aliphatic hydroxyl groups excluding tert-OH is 1. The molecule has 0 aromatic rings. The summed E-state index contributed by atoms with van der Waals surface area (Å²) in [4.78, 5) is 10.9. The molecule has 0 radical (unpaired) electrons. The first-order chi connectivity index (χ1) is 6.08. The number of esters is 1. The van der Waals surface area contributed by atoms with E-state index in [2.05, 4.69) is 4.74 Å². The summed E-state index contributed by atoms with van der Waals surface area (Å²) in [6.45, 7) is 2.00. The van der Waals surface area contributed by atoms with E-state index in [0.29, 0.717) is 0 Å². The van der Waals surface area contributed by atoms with Gasteiger partial charge in [-0.1, -0.05) is 0 Å². The largest absolute Gasteiger partial charge is 0.469 e. The second-order valence-corrected chi connectivity index (χ2v) is 2.98. The third kappa shape index (κ3) is 4.82. The number of rotatable bonds is 6. The molecule has 5 heteroatoms. The van der Waals surface area contributed by atoms with Crippen LogP contribution in [0.2, 0.25) is 0 Å². The molecule has 0 aromatic carbocycles. The summed E-state index contributed by atoms with van der Waals surface area (Å²) >= 11 is 0. The summed E-state index contributed by atoms with van der Waals surface area (Å²) in [6, 6.07) is 0. The number of aliphatic hydroxyl groups is 1. The minimum atomic E-state index is -0.740. The number of hydrogen-bond donors (Lipinski definition) is 2. The molecule has 5 nitrogen and oxygen atoms in total. The maximum atomic E-state index is 10.9. The second kappa shape index (κ2) is 5.90. The van der Waals surface area contributed by atoms with E-state index in [4.69, 9.17) is 15.6 Å². The van der Waals surface area contributed by atoms with Crippen LogP contribution in [0.25, 0.3) is 0 Å². The van der Waals surface area contributed by atoms with Gasteiger partial charge < -0.3 is 20.3 Å². The van der Waals surface area contributed by atoms with Gasteiger partial charge in [0.25, 0.3) is 0 Å². The van der Waals surface area contributed by atoms with Crippen molar-refractivity contribution in [2.45, 2.75) is 18.9 Å². The normalized spacial score (nSPS) is 15.1. The quantitative estimate of drug-likeness (QED) is 0.541. The first-order valence-electron chi connectivity index (χ1n) is 4.09. The SMILES string of the molecule is COC(=O)CC(C)(CN)OCCO. The molecule has 0 aromatic heterocycles. The molecule has 13 heavy (non-hydrogen) atoms. The predicted molar refractivity (Wildman–Crippen MR) is 47.1 cm³/mol. The standard InChI is InChI=1S/C8H17NO4/c1-8(6-9,13-4-3-10)5-7(11)12-2/h10H,3-6,9H2,1-2H3. The minimum absolute atomic E-state index is 0.0865. The Balaban J connectivity index is 4.02. The summed E-state index contributed by atoms with van der Waals surface area (Å²) in [5.74, 6) is -0.370. The average molecular weight is 191 g/mol. The lowest BCUT2D eigenvalue weighted by atomic mass is 10.0. The predicted octanol–water partition coefficient (Wildman–Crippen LogP) is -0.724. The molecule has 0 fully saturated rings. The van der Waals surface area contributed by atoms with E-state index in [0.717, 1.165) is 0 Å². The van der Waals surface area contributed by atoms with Crippen LogP contribution in [-0.4, -0.2) is 43.5 Å². The van der Waals surface area contributed by atoms with Crippen molar-refractivity contribution in [1.29, 1.82) is 0 Å². The van der Waals surface area contributed by atoms with Gasteiger partial charge in [-0.05, 0) is 6.92 Å². The Morgan fingerprint density at radius 3 is 2.62 bits per heavy atom. The van der Waals surface area contributed by atoms with E-state index in [1.54, 1.807) is 6.92 Å². The first-order valence-corrected chi connectivity index (χ1v) is 4.09. The van der Waals surface area contributed by atoms with E-state index in [9.17, 15) is 4.79 Å². The number of nitrogens with two attached hydrogens (primary N) is 1. The highest BCUT2D eigenvalue weighted by Gasteiger charge is 2.27. The van der Waals surface area contributed by atoms with Crippen molar-refractivity contribution in [3.8, 4) is 0 Å². The molecule has 0 saturated carbocycles. The summed E-state index contributed by atoms with van der Waals surface area (Å²) in [5.41, 5.74) is 4.70. The van der Waals surface area contributed by atoms with Crippen molar-refractivity contribution in [1.82, 2.24) is 0 Å². The maximum absolute atomic E-state index is 10.9. The van der Waals surface area contributed by atoms with Gasteiger partial charge in [0.15, 0.2) is 0 Å². The van der Waals surface area contributed by atoms with Crippen LogP contribution in [0.3, 0.4) is 0 Å². The van der Waals surface area contributed by atoms with Crippen molar-refractivity contribution in [2.75, 3.05) is 26.9 Å². The monoisotopic (exact) mass is 191 g/mol. The minimum Gasteiger partial charge on any atom is -0.469 e. The Bertz CT molecular complexity index is 162.